The van der Waals surface area contributed by atoms with Crippen molar-refractivity contribution in [1.29, 1.82) is 0 Å². The van der Waals surface area contributed by atoms with Crippen LogP contribution in [0.5, 0.6) is 0 Å². The first-order valence-electron chi connectivity index (χ1n) is 10.0. The molecular formula is C22H20F2N6O. The Labute approximate surface area is 176 Å². The van der Waals surface area contributed by atoms with E-state index in [0.29, 0.717) is 46.3 Å². The van der Waals surface area contributed by atoms with Crippen molar-refractivity contribution in [3.63, 3.8) is 0 Å². The molecule has 3 N–H and O–H groups in total. The fourth-order valence-electron chi connectivity index (χ4n) is 3.70. The maximum absolute atomic E-state index is 13.5. The number of hydrogen-bond acceptors (Lipinski definition) is 6. The smallest absolute Gasteiger partial charge is 0.225 e. The molecule has 0 bridgehead atoms. The molecule has 1 aliphatic rings. The first kappa shape index (κ1) is 19.4. The lowest BCUT2D eigenvalue weighted by Crippen LogP contribution is -2.19. The molecular weight excluding hydrogens is 402 g/mol. The third-order valence-electron chi connectivity index (χ3n) is 5.27. The van der Waals surface area contributed by atoms with E-state index in [1.165, 1.54) is 28.9 Å². The molecule has 4 aromatic rings. The van der Waals surface area contributed by atoms with Gasteiger partial charge < -0.3 is 15.8 Å². The summed E-state index contributed by atoms with van der Waals surface area (Å²) in [5.74, 6) is -0.00936. The number of rotatable bonds is 5. The highest BCUT2D eigenvalue weighted by Gasteiger charge is 2.21. The van der Waals surface area contributed by atoms with Crippen LogP contribution in [0.4, 0.5) is 20.5 Å². The molecule has 1 fully saturated rings. The highest BCUT2D eigenvalue weighted by molar-refractivity contribution is 5.99. The Morgan fingerprint density at radius 2 is 1.74 bits per heavy atom. The quantitative estimate of drug-likeness (QED) is 0.506. The molecule has 3 heterocycles. The van der Waals surface area contributed by atoms with Crippen LogP contribution in [0, 0.1) is 11.6 Å². The van der Waals surface area contributed by atoms with Crippen LogP contribution in [-0.2, 0) is 4.74 Å². The molecule has 1 atom stereocenters. The summed E-state index contributed by atoms with van der Waals surface area (Å²) >= 11 is 0. The fourth-order valence-corrected chi connectivity index (χ4v) is 3.70. The van der Waals surface area contributed by atoms with E-state index in [4.69, 9.17) is 10.5 Å². The van der Waals surface area contributed by atoms with Crippen LogP contribution in [-0.4, -0.2) is 39.0 Å². The summed E-state index contributed by atoms with van der Waals surface area (Å²) in [7, 11) is 0. The average Bonchev–Trinajstić information content (AvgIpc) is 3.41. The fraction of sp³-hybridized carbons (Fsp3) is 0.227. The van der Waals surface area contributed by atoms with Gasteiger partial charge in [0, 0.05) is 18.7 Å². The maximum atomic E-state index is 13.5. The second-order valence-corrected chi connectivity index (χ2v) is 7.39. The molecule has 0 radical (unpaired) electrons. The number of aromatic nitrogens is 4. The molecule has 0 spiro atoms. The summed E-state index contributed by atoms with van der Waals surface area (Å²) in [4.78, 5) is 9.18. The third-order valence-corrected chi connectivity index (χ3v) is 5.27. The zero-order chi connectivity index (χ0) is 21.4. The second kappa shape index (κ2) is 7.92. The Morgan fingerprint density at radius 1 is 1.03 bits per heavy atom. The van der Waals surface area contributed by atoms with E-state index in [-0.39, 0.29) is 17.7 Å². The molecule has 1 unspecified atom stereocenters. The number of fused-ring (bicyclic) bond motifs is 1. The van der Waals surface area contributed by atoms with Crippen molar-refractivity contribution in [3.05, 3.63) is 60.2 Å². The zero-order valence-electron chi connectivity index (χ0n) is 16.6. The molecule has 5 rings (SSSR count). The average molecular weight is 422 g/mol. The van der Waals surface area contributed by atoms with Gasteiger partial charge in [-0.25, -0.2) is 18.4 Å². The summed E-state index contributed by atoms with van der Waals surface area (Å²) in [6, 6.07) is 11.8. The minimum absolute atomic E-state index is 0.107. The minimum atomic E-state index is -0.355. The van der Waals surface area contributed by atoms with Crippen molar-refractivity contribution >= 4 is 22.8 Å². The Bertz CT molecular complexity index is 1220. The van der Waals surface area contributed by atoms with E-state index in [2.05, 4.69) is 20.4 Å². The van der Waals surface area contributed by atoms with E-state index >= 15 is 0 Å². The van der Waals surface area contributed by atoms with Gasteiger partial charge in [0.05, 0.1) is 22.9 Å². The monoisotopic (exact) mass is 422 g/mol. The molecule has 1 aliphatic heterocycles. The Kier molecular flexibility index (Phi) is 4.95. The van der Waals surface area contributed by atoms with Crippen molar-refractivity contribution in [2.45, 2.75) is 18.9 Å². The number of nitrogen functional groups attached to an aromatic ring is 1. The topological polar surface area (TPSA) is 90.9 Å². The van der Waals surface area contributed by atoms with Crippen LogP contribution in [0.3, 0.4) is 0 Å². The van der Waals surface area contributed by atoms with E-state index in [9.17, 15) is 8.78 Å². The van der Waals surface area contributed by atoms with Crippen LogP contribution in [0.1, 0.15) is 12.8 Å². The van der Waals surface area contributed by atoms with Crippen LogP contribution in [0.25, 0.3) is 28.0 Å². The SMILES string of the molecule is Nc1c2c(-c3ccc(F)cc3)nc(NCC3CCCO3)nc2nn1-c1ccc(F)cc1. The van der Waals surface area contributed by atoms with Crippen molar-refractivity contribution in [1.82, 2.24) is 19.7 Å². The summed E-state index contributed by atoms with van der Waals surface area (Å²) < 4.78 is 34.0. The summed E-state index contributed by atoms with van der Waals surface area (Å²) in [5.41, 5.74) is 8.60. The molecule has 1 saturated heterocycles. The molecule has 158 valence electrons. The molecule has 2 aromatic heterocycles. The maximum Gasteiger partial charge on any atom is 0.225 e. The highest BCUT2D eigenvalue weighted by atomic mass is 19.1. The summed E-state index contributed by atoms with van der Waals surface area (Å²) in [6.45, 7) is 1.33. The number of nitrogens with one attached hydrogen (secondary N) is 1. The number of halogens is 2. The number of benzene rings is 2. The van der Waals surface area contributed by atoms with Crippen molar-refractivity contribution in [3.8, 4) is 16.9 Å². The van der Waals surface area contributed by atoms with Gasteiger partial charge in [0.25, 0.3) is 0 Å². The molecule has 0 saturated carbocycles. The lowest BCUT2D eigenvalue weighted by molar-refractivity contribution is 0.120. The van der Waals surface area contributed by atoms with Crippen molar-refractivity contribution < 1.29 is 13.5 Å². The predicted molar refractivity (Wildman–Crippen MR) is 114 cm³/mol. The van der Waals surface area contributed by atoms with Gasteiger partial charge in [-0.1, -0.05) is 0 Å². The Morgan fingerprint density at radius 3 is 2.42 bits per heavy atom. The van der Waals surface area contributed by atoms with E-state index in [0.717, 1.165) is 19.4 Å². The second-order valence-electron chi connectivity index (χ2n) is 7.39. The van der Waals surface area contributed by atoms with Gasteiger partial charge in [-0.3, -0.25) is 0 Å². The first-order chi connectivity index (χ1) is 15.1. The number of hydrogen-bond donors (Lipinski definition) is 2. The van der Waals surface area contributed by atoms with Crippen molar-refractivity contribution in [2.75, 3.05) is 24.2 Å². The lowest BCUT2D eigenvalue weighted by Gasteiger charge is -2.12. The number of nitrogens with zero attached hydrogens (tertiary/aromatic N) is 4. The summed E-state index contributed by atoms with van der Waals surface area (Å²) in [5, 5.41) is 8.28. The van der Waals surface area contributed by atoms with Crippen LogP contribution >= 0.6 is 0 Å². The molecule has 2 aromatic carbocycles. The third kappa shape index (κ3) is 3.79. The minimum Gasteiger partial charge on any atom is -0.383 e. The number of ether oxygens (including phenoxy) is 1. The molecule has 7 nitrogen and oxygen atoms in total. The highest BCUT2D eigenvalue weighted by Crippen LogP contribution is 2.33. The largest absolute Gasteiger partial charge is 0.383 e. The normalized spacial score (nSPS) is 16.1. The standard InChI is InChI=1S/C22H20F2N6O/c23-14-5-3-13(4-6-14)19-18-20(25)30(16-9-7-15(24)8-10-16)29-21(18)28-22(27-19)26-12-17-2-1-11-31-17/h3-10,17H,1-2,11-12,25H2,(H,26,28,29). The molecule has 0 aliphatic carbocycles. The Hall–Kier alpha value is -3.59. The van der Waals surface area contributed by atoms with Gasteiger partial charge in [-0.2, -0.15) is 4.98 Å². The number of anilines is 2. The molecule has 31 heavy (non-hydrogen) atoms. The van der Waals surface area contributed by atoms with Gasteiger partial charge in [0.2, 0.25) is 5.95 Å². The van der Waals surface area contributed by atoms with E-state index in [1.54, 1.807) is 24.3 Å². The molecule has 0 amide bonds. The summed E-state index contributed by atoms with van der Waals surface area (Å²) in [6.07, 6.45) is 2.12. The van der Waals surface area contributed by atoms with Crippen LogP contribution < -0.4 is 11.1 Å². The lowest BCUT2D eigenvalue weighted by atomic mass is 10.1. The predicted octanol–water partition coefficient (Wildman–Crippen LogP) is 3.93. The van der Waals surface area contributed by atoms with Crippen LogP contribution in [0.15, 0.2) is 48.5 Å². The van der Waals surface area contributed by atoms with Gasteiger partial charge >= 0.3 is 0 Å². The van der Waals surface area contributed by atoms with Gasteiger partial charge in [0.15, 0.2) is 5.65 Å². The Balaban J connectivity index is 1.62. The van der Waals surface area contributed by atoms with Crippen molar-refractivity contribution in [2.24, 2.45) is 0 Å². The first-order valence-corrected chi connectivity index (χ1v) is 10.0. The zero-order valence-corrected chi connectivity index (χ0v) is 16.6. The molecule has 9 heteroatoms. The number of nitrogens with two attached hydrogens (primary N) is 1. The van der Waals surface area contributed by atoms with E-state index < -0.39 is 0 Å². The van der Waals surface area contributed by atoms with Crippen LogP contribution in [0.2, 0.25) is 0 Å². The van der Waals surface area contributed by atoms with Gasteiger partial charge in [-0.15, -0.1) is 5.10 Å². The van der Waals surface area contributed by atoms with E-state index in [1.807, 2.05) is 0 Å². The van der Waals surface area contributed by atoms with Gasteiger partial charge in [0.1, 0.15) is 17.5 Å². The van der Waals surface area contributed by atoms with Gasteiger partial charge in [-0.05, 0) is 61.4 Å².